The van der Waals surface area contributed by atoms with Gasteiger partial charge in [0.1, 0.15) is 17.1 Å². The lowest BCUT2D eigenvalue weighted by molar-refractivity contribution is -0.145. The van der Waals surface area contributed by atoms with E-state index in [9.17, 15) is 24.3 Å². The molecule has 1 fully saturated rings. The summed E-state index contributed by atoms with van der Waals surface area (Å²) in [5.74, 6) is -3.55. The number of nitriles is 1. The van der Waals surface area contributed by atoms with Gasteiger partial charge in [0.15, 0.2) is 5.83 Å². The third-order valence-electron chi connectivity index (χ3n) is 6.05. The number of benzene rings is 1. The Balaban J connectivity index is 1.98. The summed E-state index contributed by atoms with van der Waals surface area (Å²) in [5.41, 5.74) is -2.43. The number of rotatable bonds is 8. The molecule has 172 valence electrons. The highest BCUT2D eigenvalue weighted by atomic mass is 32.2. The van der Waals surface area contributed by atoms with E-state index in [0.29, 0.717) is 5.75 Å². The van der Waals surface area contributed by atoms with E-state index in [1.807, 2.05) is 6.07 Å². The number of halogens is 1. The Morgan fingerprint density at radius 2 is 1.88 bits per heavy atom. The monoisotopic (exact) mass is 468 g/mol. The molecule has 1 saturated carbocycles. The number of thioether (sulfide) groups is 1. The van der Waals surface area contributed by atoms with Crippen LogP contribution in [-0.4, -0.2) is 26.4 Å². The zero-order valence-electron chi connectivity index (χ0n) is 18.8. The van der Waals surface area contributed by atoms with Crippen LogP contribution in [0, 0.1) is 28.1 Å². The minimum atomic E-state index is -1.65. The van der Waals surface area contributed by atoms with Gasteiger partial charge in [0, 0.05) is 17.2 Å². The van der Waals surface area contributed by atoms with Crippen LogP contribution in [0.4, 0.5) is 4.39 Å². The van der Waals surface area contributed by atoms with Crippen LogP contribution in [0.25, 0.3) is 0 Å². The number of aromatic nitrogens is 1. The van der Waals surface area contributed by atoms with Gasteiger partial charge in [0.2, 0.25) is 11.0 Å². The number of para-hydroxylation sites is 1. The van der Waals surface area contributed by atoms with Crippen LogP contribution in [0.2, 0.25) is 0 Å². The molecule has 1 heterocycles. The second kappa shape index (κ2) is 9.36. The Morgan fingerprint density at radius 1 is 1.21 bits per heavy atom. The molecule has 3 atom stereocenters. The zero-order valence-corrected chi connectivity index (χ0v) is 19.6. The summed E-state index contributed by atoms with van der Waals surface area (Å²) in [6.07, 6.45) is 1.06. The van der Waals surface area contributed by atoms with Gasteiger partial charge in [-0.15, -0.1) is 0 Å². The van der Waals surface area contributed by atoms with Crippen LogP contribution in [0.15, 0.2) is 60.4 Å². The van der Waals surface area contributed by atoms with E-state index in [1.54, 1.807) is 70.2 Å². The summed E-state index contributed by atoms with van der Waals surface area (Å²) in [5, 5.41) is 19.4. The molecule has 0 radical (unpaired) electrons. The number of aliphatic carboxylic acids is 1. The first-order chi connectivity index (χ1) is 15.5. The Kier molecular flexibility index (Phi) is 6.94. The van der Waals surface area contributed by atoms with Gasteiger partial charge in [0.05, 0.1) is 11.8 Å². The topological polar surface area (TPSA) is 100 Å². The molecule has 0 aliphatic heterocycles. The van der Waals surface area contributed by atoms with Gasteiger partial charge in [-0.1, -0.05) is 63.7 Å². The standard InChI is InChI=1S/C25H25FN2O4S/c1-15(2)33-22(29)18(26)13-20-24(3,4)25(20,23(30)31)17(14-27)19-11-8-12-21(28-19)32-16-9-6-5-7-10-16/h5-13,15,17,20H,1-4H3,(H,30,31)/t17-,20+,25-/m1/s1. The molecule has 2 aromatic rings. The fourth-order valence-corrected chi connectivity index (χ4v) is 5.01. The fraction of sp³-hybridized carbons (Fsp3) is 0.360. The lowest BCUT2D eigenvalue weighted by atomic mass is 9.80. The molecular weight excluding hydrogens is 443 g/mol. The first kappa shape index (κ1) is 24.5. The first-order valence-electron chi connectivity index (χ1n) is 10.5. The molecule has 8 heteroatoms. The second-order valence-corrected chi connectivity index (χ2v) is 10.3. The minimum absolute atomic E-state index is 0.114. The van der Waals surface area contributed by atoms with Crippen molar-refractivity contribution in [2.75, 3.05) is 0 Å². The van der Waals surface area contributed by atoms with E-state index < -0.39 is 39.6 Å². The molecule has 3 rings (SSSR count). The summed E-state index contributed by atoms with van der Waals surface area (Å²) >= 11 is 0.831. The molecule has 0 bridgehead atoms. The second-order valence-electron chi connectivity index (χ2n) is 8.72. The maximum atomic E-state index is 14.7. The number of carboxylic acids is 1. The van der Waals surface area contributed by atoms with E-state index in [0.717, 1.165) is 17.8 Å². The van der Waals surface area contributed by atoms with Crippen molar-refractivity contribution in [3.63, 3.8) is 0 Å². The van der Waals surface area contributed by atoms with Gasteiger partial charge in [0.25, 0.3) is 0 Å². The Bertz CT molecular complexity index is 1130. The highest BCUT2D eigenvalue weighted by Crippen LogP contribution is 2.75. The van der Waals surface area contributed by atoms with Gasteiger partial charge >= 0.3 is 5.97 Å². The summed E-state index contributed by atoms with van der Waals surface area (Å²) in [6.45, 7) is 6.84. The van der Waals surface area contributed by atoms with Gasteiger partial charge in [-0.2, -0.15) is 5.26 Å². The minimum Gasteiger partial charge on any atom is -0.481 e. The van der Waals surface area contributed by atoms with Gasteiger partial charge in [-0.25, -0.2) is 9.37 Å². The third kappa shape index (κ3) is 4.51. The summed E-state index contributed by atoms with van der Waals surface area (Å²) < 4.78 is 20.4. The van der Waals surface area contributed by atoms with Crippen LogP contribution in [0.1, 0.15) is 39.3 Å². The van der Waals surface area contributed by atoms with Crippen molar-refractivity contribution in [1.29, 1.82) is 5.26 Å². The van der Waals surface area contributed by atoms with Crippen LogP contribution >= 0.6 is 11.8 Å². The number of allylic oxidation sites excluding steroid dienone is 1. The van der Waals surface area contributed by atoms with Crippen LogP contribution < -0.4 is 4.74 Å². The van der Waals surface area contributed by atoms with Crippen LogP contribution in [0.3, 0.4) is 0 Å². The average molecular weight is 469 g/mol. The summed E-state index contributed by atoms with van der Waals surface area (Å²) in [7, 11) is 0. The number of hydrogen-bond donors (Lipinski definition) is 1. The molecule has 1 aliphatic carbocycles. The van der Waals surface area contributed by atoms with E-state index in [-0.39, 0.29) is 16.8 Å². The number of carbonyl (C=O) groups excluding carboxylic acids is 1. The quantitative estimate of drug-likeness (QED) is 0.494. The Hall–Kier alpha value is -3.18. The number of ether oxygens (including phenoxy) is 1. The number of hydrogen-bond acceptors (Lipinski definition) is 6. The van der Waals surface area contributed by atoms with E-state index in [2.05, 4.69) is 11.1 Å². The van der Waals surface area contributed by atoms with Crippen molar-refractivity contribution in [1.82, 2.24) is 4.98 Å². The maximum absolute atomic E-state index is 14.7. The molecule has 0 amide bonds. The van der Waals surface area contributed by atoms with Crippen molar-refractivity contribution >= 4 is 22.8 Å². The predicted octanol–water partition coefficient (Wildman–Crippen LogP) is 5.73. The van der Waals surface area contributed by atoms with E-state index >= 15 is 0 Å². The number of pyridine rings is 1. The van der Waals surface area contributed by atoms with Gasteiger partial charge in [-0.05, 0) is 29.7 Å². The molecule has 0 unspecified atom stereocenters. The molecule has 33 heavy (non-hydrogen) atoms. The van der Waals surface area contributed by atoms with Crippen LogP contribution in [-0.2, 0) is 9.59 Å². The maximum Gasteiger partial charge on any atom is 0.312 e. The Labute approximate surface area is 196 Å². The molecule has 0 saturated heterocycles. The molecular formula is C25H25FN2O4S. The molecule has 0 spiro atoms. The van der Waals surface area contributed by atoms with Gasteiger partial charge in [-0.3, -0.25) is 9.59 Å². The predicted molar refractivity (Wildman–Crippen MR) is 123 cm³/mol. The van der Waals surface area contributed by atoms with Crippen molar-refractivity contribution in [3.05, 3.63) is 66.1 Å². The molecule has 1 aromatic heterocycles. The molecule has 6 nitrogen and oxygen atoms in total. The lowest BCUT2D eigenvalue weighted by Crippen LogP contribution is -2.29. The van der Waals surface area contributed by atoms with Gasteiger partial charge < -0.3 is 9.84 Å². The van der Waals surface area contributed by atoms with E-state index in [1.165, 1.54) is 0 Å². The SMILES string of the molecule is CC(C)SC(=O)C(F)=C[C@H]1C(C)(C)[C@]1(C(=O)O)[C@H](C#N)c1cccc(Oc2ccccc2)n1. The van der Waals surface area contributed by atoms with Crippen molar-refractivity contribution < 1.29 is 23.8 Å². The molecule has 1 aliphatic rings. The van der Waals surface area contributed by atoms with Crippen molar-refractivity contribution in [2.24, 2.45) is 16.7 Å². The zero-order chi connectivity index (χ0) is 24.4. The molecule has 1 aromatic carbocycles. The fourth-order valence-electron chi connectivity index (χ4n) is 4.40. The van der Waals surface area contributed by atoms with Crippen molar-refractivity contribution in [2.45, 2.75) is 38.9 Å². The number of nitrogens with zero attached hydrogens (tertiary/aromatic N) is 2. The van der Waals surface area contributed by atoms with E-state index in [4.69, 9.17) is 4.74 Å². The number of carboxylic acid groups (broad SMARTS) is 1. The normalized spacial score (nSPS) is 22.3. The van der Waals surface area contributed by atoms with Crippen molar-refractivity contribution in [3.8, 4) is 17.7 Å². The lowest BCUT2D eigenvalue weighted by Gasteiger charge is -2.21. The summed E-state index contributed by atoms with van der Waals surface area (Å²) in [4.78, 5) is 29.0. The summed E-state index contributed by atoms with van der Waals surface area (Å²) in [6, 6.07) is 15.8. The van der Waals surface area contributed by atoms with Crippen LogP contribution in [0.5, 0.6) is 11.6 Å². The first-order valence-corrected chi connectivity index (χ1v) is 11.3. The smallest absolute Gasteiger partial charge is 0.312 e. The molecule has 1 N–H and O–H groups in total. The average Bonchev–Trinajstić information content (AvgIpc) is 3.24. The number of carbonyl (C=O) groups is 2. The highest BCUT2D eigenvalue weighted by Gasteiger charge is 2.79. The Morgan fingerprint density at radius 3 is 2.45 bits per heavy atom. The third-order valence-corrected chi connectivity index (χ3v) is 6.93. The largest absolute Gasteiger partial charge is 0.481 e. The highest BCUT2D eigenvalue weighted by molar-refractivity contribution is 8.14.